The van der Waals surface area contributed by atoms with Crippen molar-refractivity contribution in [3.8, 4) is 17.1 Å². The van der Waals surface area contributed by atoms with Crippen molar-refractivity contribution in [2.45, 2.75) is 13.5 Å². The first-order valence-electron chi connectivity index (χ1n) is 5.77. The zero-order valence-electron chi connectivity index (χ0n) is 10.1. The van der Waals surface area contributed by atoms with Gasteiger partial charge in [0.25, 0.3) is 0 Å². The van der Waals surface area contributed by atoms with Crippen LogP contribution in [0.5, 0.6) is 5.75 Å². The third kappa shape index (κ3) is 2.28. The van der Waals surface area contributed by atoms with Crippen LogP contribution in [-0.4, -0.2) is 21.9 Å². The highest BCUT2D eigenvalue weighted by molar-refractivity contribution is 14.1. The molecule has 4 nitrogen and oxygen atoms in total. The van der Waals surface area contributed by atoms with E-state index in [4.69, 9.17) is 4.74 Å². The molecule has 2 aromatic rings. The zero-order valence-corrected chi connectivity index (χ0v) is 14.4. The predicted octanol–water partition coefficient (Wildman–Crippen LogP) is 3.35. The number of rotatable bonds is 1. The molecule has 0 fully saturated rings. The number of fused-ring (bicyclic) bond motifs is 3. The van der Waals surface area contributed by atoms with Crippen LogP contribution in [0, 0.1) is 7.40 Å². The highest BCUT2D eigenvalue weighted by Gasteiger charge is 2.21. The first-order valence-corrected chi connectivity index (χ1v) is 7.93. The minimum absolute atomic E-state index is 0.0446. The first kappa shape index (κ1) is 13.3. The van der Waals surface area contributed by atoms with Gasteiger partial charge in [0.1, 0.15) is 25.6 Å². The number of ether oxygens (including phenoxy) is 1. The normalized spacial score (nSPS) is 13.2. The highest BCUT2D eigenvalue weighted by atomic mass is 127. The molecule has 19 heavy (non-hydrogen) atoms. The van der Waals surface area contributed by atoms with Gasteiger partial charge in [-0.15, -0.1) is 0 Å². The number of benzene rings is 1. The molecule has 3 rings (SSSR count). The van der Waals surface area contributed by atoms with Gasteiger partial charge in [-0.1, -0.05) is 6.07 Å². The lowest BCUT2D eigenvalue weighted by Gasteiger charge is -2.07. The lowest BCUT2D eigenvalue weighted by molar-refractivity contribution is 0.101. The van der Waals surface area contributed by atoms with E-state index >= 15 is 0 Å². The fourth-order valence-corrected chi connectivity index (χ4v) is 3.22. The fraction of sp³-hybridized carbons (Fsp3) is 0.231. The largest absolute Gasteiger partial charge is 0.491 e. The summed E-state index contributed by atoms with van der Waals surface area (Å²) in [5, 5.41) is 0. The van der Waals surface area contributed by atoms with E-state index in [-0.39, 0.29) is 5.78 Å². The van der Waals surface area contributed by atoms with Crippen LogP contribution in [0.2, 0.25) is 0 Å². The third-order valence-corrected chi connectivity index (χ3v) is 5.95. The van der Waals surface area contributed by atoms with Crippen LogP contribution in [0.1, 0.15) is 17.3 Å². The van der Waals surface area contributed by atoms with Crippen molar-refractivity contribution in [3.63, 3.8) is 0 Å². The number of hydrogen-bond acceptors (Lipinski definition) is 3. The molecule has 0 radical (unpaired) electrons. The molecule has 1 aliphatic heterocycles. The molecule has 1 aromatic carbocycles. The molecular weight excluding hydrogens is 470 g/mol. The van der Waals surface area contributed by atoms with Crippen molar-refractivity contribution in [3.05, 3.63) is 31.2 Å². The van der Waals surface area contributed by atoms with Crippen LogP contribution < -0.4 is 4.74 Å². The summed E-state index contributed by atoms with van der Waals surface area (Å²) in [6.07, 6.45) is 0. The second-order valence-corrected chi connectivity index (χ2v) is 6.33. The molecule has 0 saturated carbocycles. The van der Waals surface area contributed by atoms with Crippen molar-refractivity contribution < 1.29 is 9.53 Å². The summed E-state index contributed by atoms with van der Waals surface area (Å²) in [7, 11) is 0. The number of ketones is 1. The topological polar surface area (TPSA) is 44.1 Å². The van der Waals surface area contributed by atoms with Gasteiger partial charge in [-0.3, -0.25) is 4.79 Å². The molecule has 0 spiro atoms. The monoisotopic (exact) mass is 480 g/mol. The molecule has 0 saturated heterocycles. The maximum absolute atomic E-state index is 11.4. The van der Waals surface area contributed by atoms with E-state index in [1.54, 1.807) is 6.92 Å². The Bertz CT molecular complexity index is 680. The van der Waals surface area contributed by atoms with Crippen molar-refractivity contribution in [2.24, 2.45) is 0 Å². The van der Waals surface area contributed by atoms with E-state index in [0.717, 1.165) is 31.1 Å². The maximum Gasteiger partial charge on any atom is 0.159 e. The van der Waals surface area contributed by atoms with Gasteiger partial charge in [0.15, 0.2) is 5.78 Å². The van der Waals surface area contributed by atoms with Gasteiger partial charge < -0.3 is 9.30 Å². The summed E-state index contributed by atoms with van der Waals surface area (Å²) in [4.78, 5) is 16.0. The Kier molecular flexibility index (Phi) is 3.54. The number of imidazole rings is 1. The molecule has 0 N–H and O–H groups in total. The lowest BCUT2D eigenvalue weighted by Crippen LogP contribution is -2.07. The third-order valence-electron chi connectivity index (χ3n) is 3.07. The summed E-state index contributed by atoms with van der Waals surface area (Å²) in [5.74, 6) is 1.70. The van der Waals surface area contributed by atoms with Gasteiger partial charge in [0.05, 0.1) is 12.1 Å². The molecule has 2 heterocycles. The number of halogens is 2. The number of nitrogens with zero attached hydrogens (tertiary/aromatic N) is 2. The molecule has 1 aromatic heterocycles. The number of hydrogen-bond donors (Lipinski definition) is 0. The van der Waals surface area contributed by atoms with Gasteiger partial charge in [0, 0.05) is 5.56 Å². The summed E-state index contributed by atoms with van der Waals surface area (Å²) in [6, 6.07) is 5.55. The average molecular weight is 480 g/mol. The van der Waals surface area contributed by atoms with Gasteiger partial charge in [0.2, 0.25) is 0 Å². The van der Waals surface area contributed by atoms with Gasteiger partial charge in [-0.25, -0.2) is 4.98 Å². The van der Waals surface area contributed by atoms with Crippen LogP contribution in [0.25, 0.3) is 11.4 Å². The van der Waals surface area contributed by atoms with Crippen molar-refractivity contribution >= 4 is 51.0 Å². The summed E-state index contributed by atoms with van der Waals surface area (Å²) in [5.41, 5.74) is 1.62. The molecule has 1 aliphatic rings. The van der Waals surface area contributed by atoms with E-state index in [2.05, 4.69) is 54.7 Å². The van der Waals surface area contributed by atoms with Gasteiger partial charge in [-0.2, -0.15) is 0 Å². The lowest BCUT2D eigenvalue weighted by atomic mass is 10.1. The summed E-state index contributed by atoms with van der Waals surface area (Å²) < 4.78 is 10.0. The van der Waals surface area contributed by atoms with Crippen LogP contribution in [0.15, 0.2) is 18.2 Å². The SMILES string of the molecule is CC(=O)c1ccc2c(c1)OCCn1c-2nc(I)c1I. The molecule has 0 aliphatic carbocycles. The van der Waals surface area contributed by atoms with Crippen molar-refractivity contribution in [1.29, 1.82) is 0 Å². The fourth-order valence-electron chi connectivity index (χ4n) is 2.11. The van der Waals surface area contributed by atoms with Crippen LogP contribution in [-0.2, 0) is 6.54 Å². The van der Waals surface area contributed by atoms with Crippen LogP contribution in [0.4, 0.5) is 0 Å². The smallest absolute Gasteiger partial charge is 0.159 e. The number of carbonyl (C=O) groups excluding carboxylic acids is 1. The number of aromatic nitrogens is 2. The quantitative estimate of drug-likeness (QED) is 0.465. The molecule has 6 heteroatoms. The van der Waals surface area contributed by atoms with E-state index in [1.165, 1.54) is 0 Å². The molecule has 98 valence electrons. The molecule has 0 unspecified atom stereocenters. The van der Waals surface area contributed by atoms with Crippen LogP contribution >= 0.6 is 45.2 Å². The average Bonchev–Trinajstić information content (AvgIpc) is 2.58. The molecule has 0 bridgehead atoms. The Morgan fingerprint density at radius 2 is 2.21 bits per heavy atom. The molecular formula is C13H10I2N2O2. The zero-order chi connectivity index (χ0) is 13.6. The first-order chi connectivity index (χ1) is 9.08. The summed E-state index contributed by atoms with van der Waals surface area (Å²) >= 11 is 4.54. The van der Waals surface area contributed by atoms with E-state index < -0.39 is 0 Å². The Balaban J connectivity index is 2.21. The molecule has 0 amide bonds. The second kappa shape index (κ2) is 5.04. The Labute approximate surface area is 137 Å². The Hall–Kier alpha value is -0.640. The minimum atomic E-state index is 0.0446. The van der Waals surface area contributed by atoms with Crippen molar-refractivity contribution in [1.82, 2.24) is 9.55 Å². The Morgan fingerprint density at radius 3 is 2.95 bits per heavy atom. The van der Waals surface area contributed by atoms with Gasteiger partial charge >= 0.3 is 0 Å². The highest BCUT2D eigenvalue weighted by Crippen LogP contribution is 2.34. The van der Waals surface area contributed by atoms with E-state index in [0.29, 0.717) is 12.2 Å². The summed E-state index contributed by atoms with van der Waals surface area (Å²) in [6.45, 7) is 2.92. The maximum atomic E-state index is 11.4. The van der Waals surface area contributed by atoms with Crippen LogP contribution in [0.3, 0.4) is 0 Å². The number of carbonyl (C=O) groups is 1. The van der Waals surface area contributed by atoms with Crippen molar-refractivity contribution in [2.75, 3.05) is 6.61 Å². The molecule has 0 atom stereocenters. The predicted molar refractivity (Wildman–Crippen MR) is 88.6 cm³/mol. The van der Waals surface area contributed by atoms with Gasteiger partial charge in [-0.05, 0) is 64.2 Å². The standard InChI is InChI=1S/C13H10I2N2O2/c1-7(18)8-2-3-9-10(6-8)19-5-4-17-12(15)11(14)16-13(9)17/h2-3,6H,4-5H2,1H3. The number of Topliss-reactive ketones (excluding diaryl/α,β-unsaturated/α-hetero) is 1. The second-order valence-electron chi connectivity index (χ2n) is 4.28. The van der Waals surface area contributed by atoms with E-state index in [1.807, 2.05) is 18.2 Å². The Morgan fingerprint density at radius 1 is 1.42 bits per heavy atom. The minimum Gasteiger partial charge on any atom is -0.491 e. The van der Waals surface area contributed by atoms with E-state index in [9.17, 15) is 4.79 Å².